The fraction of sp³-hybridized carbons (Fsp3) is 0.667. The van der Waals surface area contributed by atoms with Gasteiger partial charge in [-0.05, 0) is 12.3 Å². The summed E-state index contributed by atoms with van der Waals surface area (Å²) in [7, 11) is -1.29. The van der Waals surface area contributed by atoms with Gasteiger partial charge < -0.3 is 0 Å². The van der Waals surface area contributed by atoms with Gasteiger partial charge in [0.15, 0.2) is 0 Å². The van der Waals surface area contributed by atoms with Gasteiger partial charge in [0.2, 0.25) is 0 Å². The van der Waals surface area contributed by atoms with E-state index < -0.39 is 8.07 Å². The van der Waals surface area contributed by atoms with E-state index in [9.17, 15) is 0 Å². The van der Waals surface area contributed by atoms with E-state index in [1.807, 2.05) is 6.08 Å². The van der Waals surface area contributed by atoms with Crippen molar-refractivity contribution in [2.75, 3.05) is 0 Å². The van der Waals surface area contributed by atoms with Crippen molar-refractivity contribution in [2.45, 2.75) is 31.1 Å². The molecule has 1 rings (SSSR count). The highest BCUT2D eigenvalue weighted by Crippen LogP contribution is 2.65. The Bertz CT molecular complexity index is 221. The van der Waals surface area contributed by atoms with E-state index in [4.69, 9.17) is 5.26 Å². The quantitative estimate of drug-likeness (QED) is 0.456. The monoisotopic (exact) mass is 165 g/mol. The van der Waals surface area contributed by atoms with Gasteiger partial charge in [0, 0.05) is 0 Å². The van der Waals surface area contributed by atoms with E-state index in [-0.39, 0.29) is 5.04 Å². The van der Waals surface area contributed by atoms with Crippen LogP contribution < -0.4 is 0 Å². The molecule has 1 aliphatic rings. The van der Waals surface area contributed by atoms with Crippen LogP contribution in [0.25, 0.3) is 0 Å². The van der Waals surface area contributed by atoms with E-state index in [2.05, 4.69) is 32.3 Å². The third kappa shape index (κ3) is 1.04. The predicted octanol–water partition coefficient (Wildman–Crippen LogP) is 2.79. The van der Waals surface area contributed by atoms with Crippen molar-refractivity contribution in [2.24, 2.45) is 5.92 Å². The fourth-order valence-electron chi connectivity index (χ4n) is 1.73. The van der Waals surface area contributed by atoms with Gasteiger partial charge >= 0.3 is 0 Å². The summed E-state index contributed by atoms with van der Waals surface area (Å²) in [5.41, 5.74) is 0. The number of allylic oxidation sites excluding steroid dienone is 1. The normalized spacial score (nSPS) is 36.0. The Morgan fingerprint density at radius 1 is 1.64 bits per heavy atom. The fourth-order valence-corrected chi connectivity index (χ4v) is 4.13. The predicted molar refractivity (Wildman–Crippen MR) is 50.0 cm³/mol. The molecule has 2 atom stereocenters. The van der Waals surface area contributed by atoms with E-state index in [0.717, 1.165) is 6.42 Å². The number of nitrogens with zero attached hydrogens (tertiary/aromatic N) is 1. The molecular formula is C9H15NSi. The van der Waals surface area contributed by atoms with Crippen molar-refractivity contribution in [3.63, 3.8) is 0 Å². The van der Waals surface area contributed by atoms with Gasteiger partial charge in [0.05, 0.1) is 19.2 Å². The summed E-state index contributed by atoms with van der Waals surface area (Å²) in [6.45, 7) is 10.5. The smallest absolute Gasteiger partial charge is 0.0687 e. The topological polar surface area (TPSA) is 23.8 Å². The molecule has 60 valence electrons. The lowest BCUT2D eigenvalue weighted by atomic mass is 10.3. The summed E-state index contributed by atoms with van der Waals surface area (Å²) in [6.07, 6.45) is 3.00. The molecule has 1 nitrogen and oxygen atoms in total. The van der Waals surface area contributed by atoms with Crippen LogP contribution in [0.5, 0.6) is 0 Å². The van der Waals surface area contributed by atoms with Crippen molar-refractivity contribution in [1.82, 2.24) is 0 Å². The first-order valence-electron chi connectivity index (χ1n) is 4.02. The lowest BCUT2D eigenvalue weighted by Crippen LogP contribution is -2.29. The van der Waals surface area contributed by atoms with Gasteiger partial charge in [-0.2, -0.15) is 5.26 Å². The van der Waals surface area contributed by atoms with Gasteiger partial charge in [0.25, 0.3) is 0 Å². The minimum atomic E-state index is -1.29. The summed E-state index contributed by atoms with van der Waals surface area (Å²) >= 11 is 0. The molecule has 0 saturated heterocycles. The van der Waals surface area contributed by atoms with Crippen LogP contribution in [0.2, 0.25) is 24.7 Å². The molecule has 1 saturated carbocycles. The van der Waals surface area contributed by atoms with Crippen molar-refractivity contribution < 1.29 is 0 Å². The number of rotatable bonds is 2. The van der Waals surface area contributed by atoms with Crippen LogP contribution >= 0.6 is 0 Å². The zero-order chi connectivity index (χ0) is 8.70. The lowest BCUT2D eigenvalue weighted by molar-refractivity contribution is 0.981. The van der Waals surface area contributed by atoms with Crippen LogP contribution in [0.1, 0.15) is 6.42 Å². The second-order valence-electron chi connectivity index (χ2n) is 4.38. The standard InChI is InChI=1S/C9H15NSi/c1-5-8-6-9(8,7-10)11(2,3)4/h5,8H,1,6H2,2-4H3/t8-,9+/m0/s1. The number of nitriles is 1. The maximum Gasteiger partial charge on any atom is 0.0687 e. The van der Waals surface area contributed by atoms with Crippen molar-refractivity contribution >= 4 is 8.07 Å². The molecule has 0 amide bonds. The molecule has 0 aromatic heterocycles. The first kappa shape index (κ1) is 8.54. The average molecular weight is 165 g/mol. The number of hydrogen-bond donors (Lipinski definition) is 0. The lowest BCUT2D eigenvalue weighted by Gasteiger charge is -2.22. The first-order chi connectivity index (χ1) is 4.98. The zero-order valence-electron chi connectivity index (χ0n) is 7.52. The summed E-state index contributed by atoms with van der Waals surface area (Å²) in [4.78, 5) is 0. The first-order valence-corrected chi connectivity index (χ1v) is 7.52. The SMILES string of the molecule is C=C[C@H]1C[C@]1(C#N)[Si](C)(C)C. The zero-order valence-corrected chi connectivity index (χ0v) is 8.52. The van der Waals surface area contributed by atoms with Crippen LogP contribution in [0, 0.1) is 17.2 Å². The molecule has 0 heterocycles. The molecule has 11 heavy (non-hydrogen) atoms. The molecule has 0 bridgehead atoms. The Kier molecular flexibility index (Phi) is 1.72. The second-order valence-corrected chi connectivity index (χ2v) is 9.77. The maximum atomic E-state index is 9.03. The van der Waals surface area contributed by atoms with E-state index in [1.54, 1.807) is 0 Å². The minimum Gasteiger partial charge on any atom is -0.198 e. The van der Waals surface area contributed by atoms with Crippen LogP contribution in [0.3, 0.4) is 0 Å². The molecule has 1 aliphatic carbocycles. The highest BCUT2D eigenvalue weighted by Gasteiger charge is 2.61. The summed E-state index contributed by atoms with van der Waals surface area (Å²) in [5, 5.41) is 9.05. The Balaban J connectivity index is 2.85. The van der Waals surface area contributed by atoms with Gasteiger partial charge in [-0.25, -0.2) is 0 Å². The summed E-state index contributed by atoms with van der Waals surface area (Å²) < 4.78 is 0. The van der Waals surface area contributed by atoms with E-state index >= 15 is 0 Å². The minimum absolute atomic E-state index is 0.0226. The summed E-state index contributed by atoms with van der Waals surface area (Å²) in [5.74, 6) is 0.485. The van der Waals surface area contributed by atoms with E-state index in [1.165, 1.54) is 0 Å². The highest BCUT2D eigenvalue weighted by molar-refractivity contribution is 6.81. The Labute approximate surface area is 69.7 Å². The van der Waals surface area contributed by atoms with Crippen LogP contribution in [-0.2, 0) is 0 Å². The van der Waals surface area contributed by atoms with Crippen LogP contribution in [0.4, 0.5) is 0 Å². The van der Waals surface area contributed by atoms with Crippen LogP contribution in [-0.4, -0.2) is 8.07 Å². The maximum absolute atomic E-state index is 9.03. The van der Waals surface area contributed by atoms with Crippen molar-refractivity contribution in [3.05, 3.63) is 12.7 Å². The molecule has 2 heteroatoms. The third-order valence-corrected chi connectivity index (χ3v) is 6.20. The Morgan fingerprint density at radius 2 is 2.18 bits per heavy atom. The molecule has 0 unspecified atom stereocenters. The highest BCUT2D eigenvalue weighted by atomic mass is 28.3. The van der Waals surface area contributed by atoms with Gasteiger partial charge in [-0.15, -0.1) is 6.58 Å². The van der Waals surface area contributed by atoms with Crippen molar-refractivity contribution in [1.29, 1.82) is 5.26 Å². The van der Waals surface area contributed by atoms with Gasteiger partial charge in [-0.1, -0.05) is 25.7 Å². The molecule has 0 radical (unpaired) electrons. The number of hydrogen-bond acceptors (Lipinski definition) is 1. The molecule has 0 aromatic rings. The molecule has 1 fully saturated rings. The molecular weight excluding hydrogens is 150 g/mol. The van der Waals surface area contributed by atoms with Gasteiger partial charge in [-0.3, -0.25) is 0 Å². The Morgan fingerprint density at radius 3 is 2.27 bits per heavy atom. The Hall–Kier alpha value is -0.553. The second kappa shape index (κ2) is 2.21. The largest absolute Gasteiger partial charge is 0.198 e. The molecule has 0 spiro atoms. The van der Waals surface area contributed by atoms with Gasteiger partial charge in [0.1, 0.15) is 0 Å². The molecule has 0 N–H and O–H groups in total. The van der Waals surface area contributed by atoms with Crippen LogP contribution in [0.15, 0.2) is 12.7 Å². The van der Waals surface area contributed by atoms with Crippen molar-refractivity contribution in [3.8, 4) is 6.07 Å². The van der Waals surface area contributed by atoms with E-state index in [0.29, 0.717) is 5.92 Å². The average Bonchev–Trinajstić information content (AvgIpc) is 2.60. The summed E-state index contributed by atoms with van der Waals surface area (Å²) in [6, 6.07) is 2.48. The molecule has 0 aliphatic heterocycles. The molecule has 0 aromatic carbocycles. The third-order valence-electron chi connectivity index (χ3n) is 2.84.